The summed E-state index contributed by atoms with van der Waals surface area (Å²) >= 11 is 1.94. The zero-order chi connectivity index (χ0) is 11.7. The summed E-state index contributed by atoms with van der Waals surface area (Å²) in [4.78, 5) is 1.36. The molecule has 3 heteroatoms. The zero-order valence-corrected chi connectivity index (χ0v) is 11.1. The summed E-state index contributed by atoms with van der Waals surface area (Å²) in [7, 11) is 0. The third kappa shape index (κ3) is 2.37. The van der Waals surface area contributed by atoms with Crippen LogP contribution in [-0.4, -0.2) is 25.0 Å². The molecule has 1 aromatic rings. The van der Waals surface area contributed by atoms with E-state index in [0.29, 0.717) is 5.25 Å². The van der Waals surface area contributed by atoms with E-state index in [4.69, 9.17) is 4.74 Å². The third-order valence-electron chi connectivity index (χ3n) is 3.77. The average Bonchev–Trinajstić information content (AvgIpc) is 2.73. The molecule has 17 heavy (non-hydrogen) atoms. The Kier molecular flexibility index (Phi) is 3.16. The van der Waals surface area contributed by atoms with Crippen LogP contribution in [0.4, 0.5) is 0 Å². The van der Waals surface area contributed by atoms with E-state index in [2.05, 4.69) is 36.5 Å². The lowest BCUT2D eigenvalue weighted by atomic mass is 9.91. The molecule has 0 radical (unpaired) electrons. The van der Waals surface area contributed by atoms with E-state index in [1.807, 2.05) is 11.8 Å². The molecule has 0 bridgehead atoms. The molecule has 2 nitrogen and oxygen atoms in total. The predicted molar refractivity (Wildman–Crippen MR) is 71.5 cm³/mol. The quantitative estimate of drug-likeness (QED) is 0.890. The molecular weight excluding hydrogens is 230 g/mol. The maximum Gasteiger partial charge on any atom is 0.0611 e. The Morgan fingerprint density at radius 2 is 2.06 bits per heavy atom. The molecule has 0 aromatic heterocycles. The maximum absolute atomic E-state index is 5.20. The van der Waals surface area contributed by atoms with Crippen molar-refractivity contribution < 1.29 is 4.74 Å². The molecule has 1 unspecified atom stereocenters. The van der Waals surface area contributed by atoms with Gasteiger partial charge in [0.2, 0.25) is 0 Å². The normalized spacial score (nSPS) is 29.2. The van der Waals surface area contributed by atoms with E-state index in [1.165, 1.54) is 23.3 Å². The molecule has 2 heterocycles. The molecule has 0 aliphatic carbocycles. The van der Waals surface area contributed by atoms with Crippen LogP contribution in [0.3, 0.4) is 0 Å². The van der Waals surface area contributed by atoms with Crippen molar-refractivity contribution in [3.63, 3.8) is 0 Å². The first-order valence-electron chi connectivity index (χ1n) is 6.36. The molecule has 1 aromatic carbocycles. The molecule has 0 amide bonds. The first-order valence-corrected chi connectivity index (χ1v) is 7.24. The van der Waals surface area contributed by atoms with Gasteiger partial charge in [-0.25, -0.2) is 0 Å². The summed E-state index contributed by atoms with van der Waals surface area (Å²) in [6, 6.07) is 9.06. The molecule has 0 spiro atoms. The molecule has 92 valence electrons. The zero-order valence-electron chi connectivity index (χ0n) is 10.2. The fourth-order valence-electron chi connectivity index (χ4n) is 2.52. The van der Waals surface area contributed by atoms with Crippen molar-refractivity contribution in [1.29, 1.82) is 0 Å². The fourth-order valence-corrected chi connectivity index (χ4v) is 3.52. The van der Waals surface area contributed by atoms with E-state index in [0.717, 1.165) is 19.8 Å². The minimum absolute atomic E-state index is 0.197. The molecule has 3 rings (SSSR count). The van der Waals surface area contributed by atoms with Crippen molar-refractivity contribution in [3.05, 3.63) is 29.8 Å². The Morgan fingerprint density at radius 1 is 1.29 bits per heavy atom. The second-order valence-corrected chi connectivity index (χ2v) is 6.54. The topological polar surface area (TPSA) is 21.3 Å². The van der Waals surface area contributed by atoms with Crippen LogP contribution in [0, 0.1) is 0 Å². The highest BCUT2D eigenvalue weighted by molar-refractivity contribution is 8.00. The highest BCUT2D eigenvalue weighted by atomic mass is 32.2. The standard InChI is InChI=1S/C14H19NOS/c1-14(7-2-8-15-14)11-3-5-12(6-4-11)17-13-9-16-10-13/h3-6,13,15H,2,7-10H2,1H3. The first-order chi connectivity index (χ1) is 8.26. The number of benzene rings is 1. The molecule has 1 atom stereocenters. The van der Waals surface area contributed by atoms with E-state index in [9.17, 15) is 0 Å². The molecule has 2 fully saturated rings. The minimum atomic E-state index is 0.197. The Morgan fingerprint density at radius 3 is 2.59 bits per heavy atom. The molecule has 2 aliphatic rings. The smallest absolute Gasteiger partial charge is 0.0611 e. The van der Waals surface area contributed by atoms with Gasteiger partial charge in [0.05, 0.1) is 18.5 Å². The Bertz CT molecular complexity index is 380. The maximum atomic E-state index is 5.20. The SMILES string of the molecule is CC1(c2ccc(SC3COC3)cc2)CCCN1. The summed E-state index contributed by atoms with van der Waals surface area (Å²) in [6.07, 6.45) is 2.53. The van der Waals surface area contributed by atoms with Gasteiger partial charge < -0.3 is 10.1 Å². The molecule has 2 aliphatic heterocycles. The van der Waals surface area contributed by atoms with Gasteiger partial charge in [-0.05, 0) is 44.0 Å². The van der Waals surface area contributed by atoms with Crippen molar-refractivity contribution in [3.8, 4) is 0 Å². The fraction of sp³-hybridized carbons (Fsp3) is 0.571. The van der Waals surface area contributed by atoms with Crippen molar-refractivity contribution >= 4 is 11.8 Å². The van der Waals surface area contributed by atoms with Crippen LogP contribution in [0.2, 0.25) is 0 Å². The van der Waals surface area contributed by atoms with E-state index >= 15 is 0 Å². The molecule has 1 N–H and O–H groups in total. The van der Waals surface area contributed by atoms with Gasteiger partial charge in [-0.1, -0.05) is 12.1 Å². The van der Waals surface area contributed by atoms with Gasteiger partial charge in [0.25, 0.3) is 0 Å². The van der Waals surface area contributed by atoms with Crippen molar-refractivity contribution in [2.24, 2.45) is 0 Å². The van der Waals surface area contributed by atoms with Gasteiger partial charge in [-0.15, -0.1) is 11.8 Å². The van der Waals surface area contributed by atoms with E-state index < -0.39 is 0 Å². The highest BCUT2D eigenvalue weighted by Crippen LogP contribution is 2.33. The number of nitrogens with one attached hydrogen (secondary N) is 1. The predicted octanol–water partition coefficient (Wildman–Crippen LogP) is 2.78. The minimum Gasteiger partial charge on any atom is -0.379 e. The first kappa shape index (κ1) is 11.6. The van der Waals surface area contributed by atoms with Crippen LogP contribution in [-0.2, 0) is 10.3 Å². The van der Waals surface area contributed by atoms with Gasteiger partial charge in [0, 0.05) is 10.4 Å². The number of rotatable bonds is 3. The Hall–Kier alpha value is -0.510. The Balaban J connectivity index is 1.70. The number of hydrogen-bond acceptors (Lipinski definition) is 3. The monoisotopic (exact) mass is 249 g/mol. The second kappa shape index (κ2) is 4.63. The largest absolute Gasteiger partial charge is 0.379 e. The van der Waals surface area contributed by atoms with Gasteiger partial charge in [0.15, 0.2) is 0 Å². The van der Waals surface area contributed by atoms with Gasteiger partial charge in [0.1, 0.15) is 0 Å². The number of hydrogen-bond donors (Lipinski definition) is 1. The summed E-state index contributed by atoms with van der Waals surface area (Å²) in [6.45, 7) is 5.27. The molecular formula is C14H19NOS. The molecule has 0 saturated carbocycles. The summed E-state index contributed by atoms with van der Waals surface area (Å²) < 4.78 is 5.20. The second-order valence-electron chi connectivity index (χ2n) is 5.16. The lowest BCUT2D eigenvalue weighted by molar-refractivity contribution is 0.0455. The lowest BCUT2D eigenvalue weighted by Gasteiger charge is -2.27. The summed E-state index contributed by atoms with van der Waals surface area (Å²) in [5, 5.41) is 4.27. The average molecular weight is 249 g/mol. The molecule has 2 saturated heterocycles. The van der Waals surface area contributed by atoms with Gasteiger partial charge >= 0.3 is 0 Å². The number of ether oxygens (including phenoxy) is 1. The van der Waals surface area contributed by atoms with Crippen LogP contribution >= 0.6 is 11.8 Å². The lowest BCUT2D eigenvalue weighted by Crippen LogP contribution is -2.33. The Labute approximate surface area is 107 Å². The van der Waals surface area contributed by atoms with Crippen molar-refractivity contribution in [2.75, 3.05) is 19.8 Å². The van der Waals surface area contributed by atoms with Crippen LogP contribution in [0.1, 0.15) is 25.3 Å². The van der Waals surface area contributed by atoms with E-state index in [-0.39, 0.29) is 5.54 Å². The third-order valence-corrected chi connectivity index (χ3v) is 4.92. The highest BCUT2D eigenvalue weighted by Gasteiger charge is 2.29. The van der Waals surface area contributed by atoms with Crippen LogP contribution in [0.15, 0.2) is 29.2 Å². The van der Waals surface area contributed by atoms with E-state index in [1.54, 1.807) is 0 Å². The van der Waals surface area contributed by atoms with Gasteiger partial charge in [-0.2, -0.15) is 0 Å². The van der Waals surface area contributed by atoms with Crippen molar-refractivity contribution in [2.45, 2.75) is 35.4 Å². The van der Waals surface area contributed by atoms with Gasteiger partial charge in [-0.3, -0.25) is 0 Å². The summed E-state index contributed by atoms with van der Waals surface area (Å²) in [5.74, 6) is 0. The summed E-state index contributed by atoms with van der Waals surface area (Å²) in [5.41, 5.74) is 1.62. The van der Waals surface area contributed by atoms with Crippen molar-refractivity contribution in [1.82, 2.24) is 5.32 Å². The van der Waals surface area contributed by atoms with Crippen LogP contribution < -0.4 is 5.32 Å². The van der Waals surface area contributed by atoms with Crippen LogP contribution in [0.25, 0.3) is 0 Å². The number of thioether (sulfide) groups is 1. The van der Waals surface area contributed by atoms with Crippen LogP contribution in [0.5, 0.6) is 0 Å².